The quantitative estimate of drug-likeness (QED) is 0.753. The second-order valence-corrected chi connectivity index (χ2v) is 8.54. The summed E-state index contributed by atoms with van der Waals surface area (Å²) in [5.41, 5.74) is 2.67. The van der Waals surface area contributed by atoms with Crippen LogP contribution in [-0.2, 0) is 21.2 Å². The summed E-state index contributed by atoms with van der Waals surface area (Å²) in [5, 5.41) is 11.3. The first-order valence-corrected chi connectivity index (χ1v) is 10.3. The van der Waals surface area contributed by atoms with Gasteiger partial charge in [0, 0.05) is 10.2 Å². The van der Waals surface area contributed by atoms with Crippen LogP contribution in [0.3, 0.4) is 0 Å². The molecular formula is C18H18BrN3O3S. The second-order valence-electron chi connectivity index (χ2n) is 5.78. The molecule has 2 aromatic rings. The Hall–Kier alpha value is -2.37. The number of carbonyl (C=O) groups is 1. The third-order valence-corrected chi connectivity index (χ3v) is 5.67. The van der Waals surface area contributed by atoms with E-state index in [-0.39, 0.29) is 6.54 Å². The topological polar surface area (TPSA) is 90.3 Å². The number of nitriles is 1. The lowest BCUT2D eigenvalue weighted by atomic mass is 10.1. The van der Waals surface area contributed by atoms with Gasteiger partial charge in [0.15, 0.2) is 0 Å². The molecule has 1 amide bonds. The van der Waals surface area contributed by atoms with Crippen LogP contribution in [0.5, 0.6) is 0 Å². The van der Waals surface area contributed by atoms with Crippen molar-refractivity contribution in [1.82, 2.24) is 0 Å². The number of anilines is 2. The van der Waals surface area contributed by atoms with Gasteiger partial charge in [-0.15, -0.1) is 0 Å². The lowest BCUT2D eigenvalue weighted by Gasteiger charge is -2.22. The summed E-state index contributed by atoms with van der Waals surface area (Å²) < 4.78 is 26.2. The van der Waals surface area contributed by atoms with Crippen molar-refractivity contribution in [2.45, 2.75) is 13.3 Å². The van der Waals surface area contributed by atoms with Crippen LogP contribution in [0.15, 0.2) is 46.9 Å². The Bertz CT molecular complexity index is 951. The van der Waals surface area contributed by atoms with E-state index in [0.717, 1.165) is 26.2 Å². The third kappa shape index (κ3) is 5.31. The maximum absolute atomic E-state index is 12.3. The van der Waals surface area contributed by atoms with Gasteiger partial charge in [0.25, 0.3) is 0 Å². The van der Waals surface area contributed by atoms with E-state index in [1.165, 1.54) is 0 Å². The number of carbonyl (C=O) groups excluding carboxylic acids is 1. The zero-order valence-corrected chi connectivity index (χ0v) is 16.8. The molecule has 2 aromatic carbocycles. The fourth-order valence-electron chi connectivity index (χ4n) is 2.31. The summed E-state index contributed by atoms with van der Waals surface area (Å²) in [5.74, 6) is -0.455. The summed E-state index contributed by atoms with van der Waals surface area (Å²) in [6, 6.07) is 14.0. The average molecular weight is 436 g/mol. The molecule has 0 saturated carbocycles. The number of hydrogen-bond acceptors (Lipinski definition) is 4. The second kappa shape index (κ2) is 8.34. The molecule has 0 fully saturated rings. The highest BCUT2D eigenvalue weighted by Gasteiger charge is 2.21. The van der Waals surface area contributed by atoms with Gasteiger partial charge in [0.2, 0.25) is 15.9 Å². The smallest absolute Gasteiger partial charge is 0.245 e. The fraction of sp³-hybridized carbons (Fsp3) is 0.222. The highest BCUT2D eigenvalue weighted by molar-refractivity contribution is 9.10. The van der Waals surface area contributed by atoms with Gasteiger partial charge in [-0.3, -0.25) is 9.10 Å². The molecule has 0 aromatic heterocycles. The van der Waals surface area contributed by atoms with Crippen molar-refractivity contribution in [2.24, 2.45) is 0 Å². The molecule has 26 heavy (non-hydrogen) atoms. The molecule has 0 aliphatic rings. The predicted octanol–water partition coefficient (Wildman–Crippen LogP) is 3.23. The molecule has 2 rings (SSSR count). The van der Waals surface area contributed by atoms with Crippen molar-refractivity contribution in [3.05, 3.63) is 58.1 Å². The lowest BCUT2D eigenvalue weighted by Crippen LogP contribution is -2.37. The van der Waals surface area contributed by atoms with E-state index in [4.69, 9.17) is 5.26 Å². The number of nitrogens with zero attached hydrogens (tertiary/aromatic N) is 2. The highest BCUT2D eigenvalue weighted by atomic mass is 79.9. The first kappa shape index (κ1) is 19.9. The average Bonchev–Trinajstić information content (AvgIpc) is 2.56. The van der Waals surface area contributed by atoms with E-state index in [0.29, 0.717) is 17.8 Å². The van der Waals surface area contributed by atoms with Gasteiger partial charge in [-0.1, -0.05) is 28.1 Å². The number of sulfonamides is 1. The van der Waals surface area contributed by atoms with Crippen LogP contribution >= 0.6 is 15.9 Å². The summed E-state index contributed by atoms with van der Waals surface area (Å²) in [6.45, 7) is 1.51. The molecule has 8 heteroatoms. The van der Waals surface area contributed by atoms with Crippen LogP contribution in [0, 0.1) is 18.3 Å². The van der Waals surface area contributed by atoms with Crippen molar-refractivity contribution in [2.75, 3.05) is 22.4 Å². The Kier molecular flexibility index (Phi) is 6.40. The van der Waals surface area contributed by atoms with Crippen molar-refractivity contribution in [3.63, 3.8) is 0 Å². The monoisotopic (exact) mass is 435 g/mol. The number of nitrogens with one attached hydrogen (secondary N) is 1. The van der Waals surface area contributed by atoms with Gasteiger partial charge in [0.1, 0.15) is 6.54 Å². The number of hydrogen-bond donors (Lipinski definition) is 1. The number of benzene rings is 2. The predicted molar refractivity (Wildman–Crippen MR) is 105 cm³/mol. The fourth-order valence-corrected chi connectivity index (χ4v) is 3.41. The van der Waals surface area contributed by atoms with E-state index in [1.54, 1.807) is 42.5 Å². The molecule has 0 spiro atoms. The number of rotatable bonds is 6. The normalized spacial score (nSPS) is 10.8. The maximum Gasteiger partial charge on any atom is 0.245 e. The van der Waals surface area contributed by atoms with Crippen LogP contribution in [0.1, 0.15) is 11.1 Å². The first-order valence-electron chi connectivity index (χ1n) is 7.70. The van der Waals surface area contributed by atoms with Crippen molar-refractivity contribution in [3.8, 4) is 6.07 Å². The summed E-state index contributed by atoms with van der Waals surface area (Å²) >= 11 is 3.37. The molecule has 0 heterocycles. The van der Waals surface area contributed by atoms with E-state index in [9.17, 15) is 13.2 Å². The number of aryl methyl sites for hydroxylation is 1. The Balaban J connectivity index is 2.16. The highest BCUT2D eigenvalue weighted by Crippen LogP contribution is 2.24. The van der Waals surface area contributed by atoms with Crippen LogP contribution in [0.2, 0.25) is 0 Å². The third-order valence-electron chi connectivity index (χ3n) is 3.64. The largest absolute Gasteiger partial charge is 0.325 e. The molecule has 136 valence electrons. The maximum atomic E-state index is 12.3. The van der Waals surface area contributed by atoms with Gasteiger partial charge in [-0.2, -0.15) is 5.26 Å². The lowest BCUT2D eigenvalue weighted by molar-refractivity contribution is -0.114. The Labute approximate surface area is 161 Å². The summed E-state index contributed by atoms with van der Waals surface area (Å²) in [4.78, 5) is 12.3. The van der Waals surface area contributed by atoms with Gasteiger partial charge in [0.05, 0.1) is 24.4 Å². The molecular weight excluding hydrogens is 418 g/mol. The van der Waals surface area contributed by atoms with Crippen LogP contribution in [0.25, 0.3) is 0 Å². The van der Waals surface area contributed by atoms with E-state index in [2.05, 4.69) is 21.2 Å². The summed E-state index contributed by atoms with van der Waals surface area (Å²) in [6.07, 6.45) is 1.35. The molecule has 0 aliphatic carbocycles. The number of halogens is 1. The van der Waals surface area contributed by atoms with Gasteiger partial charge >= 0.3 is 0 Å². The SMILES string of the molecule is Cc1cc(N(CC(=O)Nc2ccc(CC#N)cc2)S(C)(=O)=O)ccc1Br. The van der Waals surface area contributed by atoms with Crippen molar-refractivity contribution < 1.29 is 13.2 Å². The Morgan fingerprint density at radius 1 is 1.23 bits per heavy atom. The Morgan fingerprint density at radius 2 is 1.88 bits per heavy atom. The molecule has 0 saturated heterocycles. The van der Waals surface area contributed by atoms with E-state index >= 15 is 0 Å². The van der Waals surface area contributed by atoms with Crippen LogP contribution in [-0.4, -0.2) is 27.1 Å². The van der Waals surface area contributed by atoms with Gasteiger partial charge in [-0.25, -0.2) is 8.42 Å². The zero-order chi connectivity index (χ0) is 19.3. The first-order chi connectivity index (χ1) is 12.2. The Morgan fingerprint density at radius 3 is 2.42 bits per heavy atom. The van der Waals surface area contributed by atoms with Crippen LogP contribution in [0.4, 0.5) is 11.4 Å². The zero-order valence-electron chi connectivity index (χ0n) is 14.4. The van der Waals surface area contributed by atoms with Gasteiger partial charge < -0.3 is 5.32 Å². The van der Waals surface area contributed by atoms with Crippen LogP contribution < -0.4 is 9.62 Å². The molecule has 0 bridgehead atoms. The molecule has 0 radical (unpaired) electrons. The molecule has 6 nitrogen and oxygen atoms in total. The molecule has 0 aliphatic heterocycles. The van der Waals surface area contributed by atoms with Crippen molar-refractivity contribution in [1.29, 1.82) is 5.26 Å². The number of amides is 1. The van der Waals surface area contributed by atoms with E-state index < -0.39 is 15.9 Å². The molecule has 0 atom stereocenters. The standard InChI is InChI=1S/C18H18BrN3O3S/c1-13-11-16(7-8-17(13)19)22(26(2,24)25)12-18(23)21-15-5-3-14(4-6-15)9-10-20/h3-8,11H,9,12H2,1-2H3,(H,21,23). The molecule has 0 unspecified atom stereocenters. The van der Waals surface area contributed by atoms with E-state index in [1.807, 2.05) is 13.0 Å². The summed E-state index contributed by atoms with van der Waals surface area (Å²) in [7, 11) is -3.63. The minimum atomic E-state index is -3.63. The molecule has 1 N–H and O–H groups in total. The van der Waals surface area contributed by atoms with Crippen molar-refractivity contribution >= 4 is 43.2 Å². The minimum absolute atomic E-state index is 0.291. The minimum Gasteiger partial charge on any atom is -0.325 e. The van der Waals surface area contributed by atoms with Gasteiger partial charge in [-0.05, 0) is 48.4 Å².